The lowest BCUT2D eigenvalue weighted by molar-refractivity contribution is -0.148. The third-order valence-corrected chi connectivity index (χ3v) is 9.43. The van der Waals surface area contributed by atoms with Gasteiger partial charge in [0.25, 0.3) is 0 Å². The van der Waals surface area contributed by atoms with Crippen molar-refractivity contribution in [3.63, 3.8) is 0 Å². The van der Waals surface area contributed by atoms with Gasteiger partial charge in [-0.05, 0) is 77.6 Å². The number of aldehydes is 1. The summed E-state index contributed by atoms with van der Waals surface area (Å²) in [6.45, 7) is 6.32. The van der Waals surface area contributed by atoms with Gasteiger partial charge < -0.3 is 9.30 Å². The Morgan fingerprint density at radius 1 is 1.23 bits per heavy atom. The zero-order chi connectivity index (χ0) is 22.0. The van der Waals surface area contributed by atoms with Gasteiger partial charge >= 0.3 is 5.97 Å². The van der Waals surface area contributed by atoms with Gasteiger partial charge in [0.1, 0.15) is 23.3 Å². The number of fused-ring (bicyclic) bond motifs is 5. The SMILES string of the molecule is CC(=O)O[C@H]1CC[C@@]2(C)C(=CCC3C2CC[C@]2(C)C(n4cnc(Br)c4)=C(C=O)CC32)C1. The Balaban J connectivity index is 1.46. The molecule has 5 rings (SSSR count). The van der Waals surface area contributed by atoms with Crippen molar-refractivity contribution in [3.05, 3.63) is 34.3 Å². The van der Waals surface area contributed by atoms with E-state index in [2.05, 4.69) is 45.4 Å². The molecular weight excluding hydrogens is 456 g/mol. The molecule has 0 radical (unpaired) electrons. The highest BCUT2D eigenvalue weighted by molar-refractivity contribution is 9.10. The van der Waals surface area contributed by atoms with E-state index in [9.17, 15) is 9.59 Å². The van der Waals surface area contributed by atoms with Gasteiger partial charge in [-0.25, -0.2) is 4.98 Å². The van der Waals surface area contributed by atoms with Crippen LogP contribution >= 0.6 is 15.9 Å². The molecule has 1 aromatic heterocycles. The second-order valence-electron chi connectivity index (χ2n) is 10.5. The van der Waals surface area contributed by atoms with Crippen LogP contribution < -0.4 is 0 Å². The van der Waals surface area contributed by atoms with Crippen molar-refractivity contribution in [3.8, 4) is 0 Å². The molecular formula is C25H31BrN2O3. The molecule has 1 aromatic rings. The molecule has 166 valence electrons. The standard InChI is InChI=1S/C25H31BrN2O3/c1-15(30)31-18-6-8-24(2)17(11-18)4-5-19-20(24)7-9-25(3)21(19)10-16(13-29)23(25)28-12-22(26)27-14-28/h4,12-14,18-21H,5-11H2,1-3H3/t18-,19?,20?,21?,24-,25-/m0/s1. The average molecular weight is 487 g/mol. The predicted octanol–water partition coefficient (Wildman–Crippen LogP) is 5.56. The molecule has 1 heterocycles. The van der Waals surface area contributed by atoms with Gasteiger partial charge in [0.05, 0.1) is 0 Å². The summed E-state index contributed by atoms with van der Waals surface area (Å²) in [6, 6.07) is 0. The Kier molecular flexibility index (Phi) is 5.07. The minimum Gasteiger partial charge on any atom is -0.462 e. The summed E-state index contributed by atoms with van der Waals surface area (Å²) in [5.41, 5.74) is 3.77. The van der Waals surface area contributed by atoms with E-state index in [0.717, 1.165) is 60.7 Å². The Morgan fingerprint density at radius 3 is 2.68 bits per heavy atom. The van der Waals surface area contributed by atoms with E-state index in [1.165, 1.54) is 18.9 Å². The van der Waals surface area contributed by atoms with E-state index in [1.54, 1.807) is 0 Å². The number of hydrogen-bond acceptors (Lipinski definition) is 4. The number of esters is 1. The highest BCUT2D eigenvalue weighted by atomic mass is 79.9. The van der Waals surface area contributed by atoms with Crippen LogP contribution in [-0.2, 0) is 14.3 Å². The summed E-state index contributed by atoms with van der Waals surface area (Å²) in [7, 11) is 0. The molecule has 0 bridgehead atoms. The normalized spacial score (nSPS) is 39.3. The first-order chi connectivity index (χ1) is 14.8. The van der Waals surface area contributed by atoms with Crippen molar-refractivity contribution < 1.29 is 14.3 Å². The van der Waals surface area contributed by atoms with E-state index >= 15 is 0 Å². The number of carbonyl (C=O) groups excluding carboxylic acids is 2. The van der Waals surface area contributed by atoms with Crippen molar-refractivity contribution in [2.75, 3.05) is 0 Å². The minimum atomic E-state index is -0.173. The quantitative estimate of drug-likeness (QED) is 0.318. The van der Waals surface area contributed by atoms with Gasteiger partial charge in [-0.3, -0.25) is 9.59 Å². The van der Waals surface area contributed by atoms with Crippen LogP contribution in [0.25, 0.3) is 5.70 Å². The third kappa shape index (κ3) is 3.20. The molecule has 6 atom stereocenters. The zero-order valence-electron chi connectivity index (χ0n) is 18.6. The van der Waals surface area contributed by atoms with Crippen LogP contribution in [0.2, 0.25) is 0 Å². The number of hydrogen-bond donors (Lipinski definition) is 0. The van der Waals surface area contributed by atoms with Crippen molar-refractivity contribution in [2.45, 2.75) is 71.8 Å². The molecule has 0 aliphatic heterocycles. The molecule has 5 nitrogen and oxygen atoms in total. The molecule has 4 aliphatic carbocycles. The lowest BCUT2D eigenvalue weighted by atomic mass is 9.47. The Bertz CT molecular complexity index is 995. The van der Waals surface area contributed by atoms with Crippen LogP contribution in [-0.4, -0.2) is 27.9 Å². The van der Waals surface area contributed by atoms with Crippen LogP contribution in [0.5, 0.6) is 0 Å². The second kappa shape index (κ2) is 7.43. The summed E-state index contributed by atoms with van der Waals surface area (Å²) in [4.78, 5) is 27.9. The maximum atomic E-state index is 12.1. The average Bonchev–Trinajstić information content (AvgIpc) is 3.27. The summed E-state index contributed by atoms with van der Waals surface area (Å²) in [6.07, 6.45) is 14.5. The molecule has 0 spiro atoms. The molecule has 0 amide bonds. The summed E-state index contributed by atoms with van der Waals surface area (Å²) < 4.78 is 8.44. The lowest BCUT2D eigenvalue weighted by Gasteiger charge is -2.57. The zero-order valence-corrected chi connectivity index (χ0v) is 20.2. The fourth-order valence-electron chi connectivity index (χ4n) is 7.64. The fourth-order valence-corrected chi connectivity index (χ4v) is 7.95. The number of aromatic nitrogens is 2. The van der Waals surface area contributed by atoms with E-state index in [0.29, 0.717) is 17.8 Å². The van der Waals surface area contributed by atoms with Crippen LogP contribution in [0.15, 0.2) is 34.3 Å². The van der Waals surface area contributed by atoms with Crippen LogP contribution in [0, 0.1) is 28.6 Å². The molecule has 0 aromatic carbocycles. The maximum absolute atomic E-state index is 12.1. The third-order valence-electron chi connectivity index (χ3n) is 9.02. The second-order valence-corrected chi connectivity index (χ2v) is 11.3. The first-order valence-corrected chi connectivity index (χ1v) is 12.3. The number of nitrogens with zero attached hydrogens (tertiary/aromatic N) is 2. The van der Waals surface area contributed by atoms with Gasteiger partial charge in [-0.15, -0.1) is 0 Å². The van der Waals surface area contributed by atoms with Crippen LogP contribution in [0.1, 0.15) is 65.7 Å². The highest BCUT2D eigenvalue weighted by Gasteiger charge is 2.58. The number of carbonyl (C=O) groups is 2. The van der Waals surface area contributed by atoms with Crippen LogP contribution in [0.4, 0.5) is 0 Å². The Labute approximate surface area is 192 Å². The molecule has 2 fully saturated rings. The Hall–Kier alpha value is -1.69. The van der Waals surface area contributed by atoms with Crippen molar-refractivity contribution >= 4 is 33.9 Å². The Morgan fingerprint density at radius 2 is 2.00 bits per heavy atom. The number of imidazole rings is 1. The summed E-state index contributed by atoms with van der Waals surface area (Å²) in [5, 5.41) is 0. The van der Waals surface area contributed by atoms with E-state index in [4.69, 9.17) is 4.74 Å². The van der Waals surface area contributed by atoms with E-state index in [1.807, 2.05) is 12.5 Å². The van der Waals surface area contributed by atoms with Crippen LogP contribution in [0.3, 0.4) is 0 Å². The van der Waals surface area contributed by atoms with Gasteiger partial charge in [0.15, 0.2) is 0 Å². The first-order valence-electron chi connectivity index (χ1n) is 11.5. The molecule has 0 N–H and O–H groups in total. The van der Waals surface area contributed by atoms with E-state index in [-0.39, 0.29) is 22.9 Å². The van der Waals surface area contributed by atoms with Gasteiger partial charge in [-0.1, -0.05) is 25.5 Å². The van der Waals surface area contributed by atoms with Gasteiger partial charge in [0, 0.05) is 36.2 Å². The number of halogens is 1. The highest BCUT2D eigenvalue weighted by Crippen LogP contribution is 2.66. The number of allylic oxidation sites excluding steroid dienone is 3. The van der Waals surface area contributed by atoms with Gasteiger partial charge in [0.2, 0.25) is 0 Å². The lowest BCUT2D eigenvalue weighted by Crippen LogP contribution is -2.50. The van der Waals surface area contributed by atoms with Crippen molar-refractivity contribution in [2.24, 2.45) is 28.6 Å². The van der Waals surface area contributed by atoms with Gasteiger partial charge in [-0.2, -0.15) is 0 Å². The topological polar surface area (TPSA) is 61.2 Å². The molecule has 4 aliphatic rings. The molecule has 2 saturated carbocycles. The van der Waals surface area contributed by atoms with Crippen molar-refractivity contribution in [1.29, 1.82) is 0 Å². The predicted molar refractivity (Wildman–Crippen MR) is 122 cm³/mol. The first kappa shape index (κ1) is 21.2. The fraction of sp³-hybridized carbons (Fsp3) is 0.640. The maximum Gasteiger partial charge on any atom is 0.302 e. The number of ether oxygens (including phenoxy) is 1. The molecule has 0 saturated heterocycles. The molecule has 3 unspecified atom stereocenters. The largest absolute Gasteiger partial charge is 0.462 e. The van der Waals surface area contributed by atoms with Crippen molar-refractivity contribution in [1.82, 2.24) is 9.55 Å². The number of rotatable bonds is 3. The summed E-state index contributed by atoms with van der Waals surface area (Å²) >= 11 is 3.47. The molecule has 31 heavy (non-hydrogen) atoms. The van der Waals surface area contributed by atoms with E-state index < -0.39 is 0 Å². The minimum absolute atomic E-state index is 0.00576. The monoisotopic (exact) mass is 486 g/mol. The summed E-state index contributed by atoms with van der Waals surface area (Å²) in [5.74, 6) is 1.51. The molecule has 6 heteroatoms. The smallest absolute Gasteiger partial charge is 0.302 e.